The zero-order chi connectivity index (χ0) is 17.6. The summed E-state index contributed by atoms with van der Waals surface area (Å²) in [4.78, 5) is 23.9. The number of hydrogen-bond donors (Lipinski definition) is 1. The van der Waals surface area contributed by atoms with Gasteiger partial charge in [0, 0.05) is 0 Å². The number of carbonyl (C=O) groups is 2. The molecule has 1 atom stereocenters. The number of amides is 1. The van der Waals surface area contributed by atoms with Gasteiger partial charge in [0.25, 0.3) is 5.91 Å². The number of hydrogen-bond acceptors (Lipinski definition) is 7. The van der Waals surface area contributed by atoms with Crippen LogP contribution in [0.4, 0.5) is 5.69 Å². The molecule has 0 aliphatic heterocycles. The molecule has 0 radical (unpaired) electrons. The first-order valence-corrected chi connectivity index (χ1v) is 8.26. The Morgan fingerprint density at radius 3 is 2.72 bits per heavy atom. The summed E-state index contributed by atoms with van der Waals surface area (Å²) in [6.45, 7) is 1.16. The minimum atomic E-state index is -0.818. The van der Waals surface area contributed by atoms with Gasteiger partial charge in [-0.1, -0.05) is 24.3 Å². The SMILES string of the molecule is CC(Oc1ccccc1)C(=O)OCC(=O)Nc1cccc2nsnc12. The van der Waals surface area contributed by atoms with Crippen LogP contribution in [0, 0.1) is 0 Å². The van der Waals surface area contributed by atoms with Gasteiger partial charge in [0.05, 0.1) is 17.4 Å². The highest BCUT2D eigenvalue weighted by Crippen LogP contribution is 2.21. The highest BCUT2D eigenvalue weighted by Gasteiger charge is 2.18. The van der Waals surface area contributed by atoms with Crippen LogP contribution in [0.1, 0.15) is 6.92 Å². The van der Waals surface area contributed by atoms with E-state index in [1.54, 1.807) is 49.4 Å². The molecule has 1 unspecified atom stereocenters. The lowest BCUT2D eigenvalue weighted by molar-refractivity contribution is -0.153. The average molecular weight is 357 g/mol. The maximum atomic E-state index is 12.0. The van der Waals surface area contributed by atoms with Crippen molar-refractivity contribution in [3.8, 4) is 5.75 Å². The molecule has 0 spiro atoms. The van der Waals surface area contributed by atoms with Crippen molar-refractivity contribution in [1.82, 2.24) is 8.75 Å². The summed E-state index contributed by atoms with van der Waals surface area (Å²) in [6, 6.07) is 14.2. The first-order chi connectivity index (χ1) is 12.1. The van der Waals surface area contributed by atoms with Crippen LogP contribution in [0.3, 0.4) is 0 Å². The summed E-state index contributed by atoms with van der Waals surface area (Å²) in [6.07, 6.45) is -0.818. The van der Waals surface area contributed by atoms with Gasteiger partial charge in [-0.25, -0.2) is 4.79 Å². The van der Waals surface area contributed by atoms with Crippen LogP contribution in [-0.2, 0) is 14.3 Å². The molecular weight excluding hydrogens is 342 g/mol. The van der Waals surface area contributed by atoms with Crippen molar-refractivity contribution < 1.29 is 19.1 Å². The lowest BCUT2D eigenvalue weighted by atomic mass is 10.2. The molecule has 0 saturated heterocycles. The van der Waals surface area contributed by atoms with Crippen molar-refractivity contribution in [2.45, 2.75) is 13.0 Å². The molecule has 1 aromatic heterocycles. The highest BCUT2D eigenvalue weighted by molar-refractivity contribution is 7.00. The summed E-state index contributed by atoms with van der Waals surface area (Å²) in [5, 5.41) is 2.66. The van der Waals surface area contributed by atoms with E-state index in [1.165, 1.54) is 0 Å². The number of rotatable bonds is 6. The van der Waals surface area contributed by atoms with Crippen LogP contribution < -0.4 is 10.1 Å². The van der Waals surface area contributed by atoms with Gasteiger partial charge in [0.2, 0.25) is 0 Å². The Hall–Kier alpha value is -3.00. The van der Waals surface area contributed by atoms with Gasteiger partial charge < -0.3 is 14.8 Å². The number of nitrogens with zero attached hydrogens (tertiary/aromatic N) is 2. The van der Waals surface area contributed by atoms with Crippen LogP contribution in [0.2, 0.25) is 0 Å². The Bertz CT molecular complexity index is 882. The van der Waals surface area contributed by atoms with Crippen LogP contribution in [0.15, 0.2) is 48.5 Å². The van der Waals surface area contributed by atoms with E-state index in [0.29, 0.717) is 22.5 Å². The third-order valence-electron chi connectivity index (χ3n) is 3.29. The predicted octanol–water partition coefficient (Wildman–Crippen LogP) is 2.64. The Kier molecular flexibility index (Phi) is 5.20. The summed E-state index contributed by atoms with van der Waals surface area (Å²) in [5.74, 6) is -0.521. The van der Waals surface area contributed by atoms with E-state index in [0.717, 1.165) is 11.7 Å². The molecule has 0 bridgehead atoms. The molecule has 2 aromatic carbocycles. The Morgan fingerprint density at radius 1 is 1.12 bits per heavy atom. The predicted molar refractivity (Wildman–Crippen MR) is 93.5 cm³/mol. The maximum absolute atomic E-state index is 12.0. The summed E-state index contributed by atoms with van der Waals surface area (Å²) in [5.41, 5.74) is 1.83. The van der Waals surface area contributed by atoms with E-state index in [9.17, 15) is 9.59 Å². The van der Waals surface area contributed by atoms with Crippen molar-refractivity contribution in [3.05, 3.63) is 48.5 Å². The van der Waals surface area contributed by atoms with Crippen molar-refractivity contribution in [2.24, 2.45) is 0 Å². The lowest BCUT2D eigenvalue weighted by Crippen LogP contribution is -2.29. The highest BCUT2D eigenvalue weighted by atomic mass is 32.1. The van der Waals surface area contributed by atoms with E-state index in [1.807, 2.05) is 6.07 Å². The monoisotopic (exact) mass is 357 g/mol. The van der Waals surface area contributed by atoms with Crippen molar-refractivity contribution >= 4 is 40.3 Å². The first kappa shape index (κ1) is 16.8. The van der Waals surface area contributed by atoms with Crippen molar-refractivity contribution in [2.75, 3.05) is 11.9 Å². The molecule has 0 saturated carbocycles. The number of aromatic nitrogens is 2. The van der Waals surface area contributed by atoms with Crippen molar-refractivity contribution in [1.29, 1.82) is 0 Å². The van der Waals surface area contributed by atoms with Gasteiger partial charge in [-0.15, -0.1) is 0 Å². The molecule has 8 heteroatoms. The fraction of sp³-hybridized carbons (Fsp3) is 0.176. The van der Waals surface area contributed by atoms with Gasteiger partial charge in [0.1, 0.15) is 16.8 Å². The Labute approximate surface area is 147 Å². The summed E-state index contributed by atoms with van der Waals surface area (Å²) in [7, 11) is 0. The van der Waals surface area contributed by atoms with Crippen molar-refractivity contribution in [3.63, 3.8) is 0 Å². The number of benzene rings is 2. The smallest absolute Gasteiger partial charge is 0.347 e. The molecule has 3 aromatic rings. The Morgan fingerprint density at radius 2 is 1.92 bits per heavy atom. The second-order valence-electron chi connectivity index (χ2n) is 5.17. The molecule has 1 amide bonds. The van der Waals surface area contributed by atoms with Gasteiger partial charge in [-0.05, 0) is 31.2 Å². The number of nitrogens with one attached hydrogen (secondary N) is 1. The number of fused-ring (bicyclic) bond motifs is 1. The van der Waals surface area contributed by atoms with Gasteiger partial charge in [0.15, 0.2) is 12.7 Å². The zero-order valence-electron chi connectivity index (χ0n) is 13.3. The molecule has 1 N–H and O–H groups in total. The average Bonchev–Trinajstić information content (AvgIpc) is 3.10. The van der Waals surface area contributed by atoms with Crippen LogP contribution in [0.5, 0.6) is 5.75 Å². The van der Waals surface area contributed by atoms with E-state index in [2.05, 4.69) is 14.1 Å². The van der Waals surface area contributed by atoms with E-state index in [-0.39, 0.29) is 0 Å². The largest absolute Gasteiger partial charge is 0.479 e. The van der Waals surface area contributed by atoms with E-state index in [4.69, 9.17) is 9.47 Å². The standard InChI is InChI=1S/C17H15N3O4S/c1-11(24-12-6-3-2-4-7-12)17(22)23-10-15(21)18-13-8-5-9-14-16(13)20-25-19-14/h2-9,11H,10H2,1H3,(H,18,21). The molecule has 128 valence electrons. The van der Waals surface area contributed by atoms with Gasteiger partial charge in [-0.2, -0.15) is 8.75 Å². The number of carbonyl (C=O) groups excluding carboxylic acids is 2. The molecule has 7 nitrogen and oxygen atoms in total. The summed E-state index contributed by atoms with van der Waals surface area (Å²) >= 11 is 1.06. The number of esters is 1. The third kappa shape index (κ3) is 4.30. The van der Waals surface area contributed by atoms with E-state index < -0.39 is 24.6 Å². The summed E-state index contributed by atoms with van der Waals surface area (Å²) < 4.78 is 18.7. The van der Waals surface area contributed by atoms with Crippen LogP contribution >= 0.6 is 11.7 Å². The number of anilines is 1. The molecule has 1 heterocycles. The minimum Gasteiger partial charge on any atom is -0.479 e. The second kappa shape index (κ2) is 7.71. The van der Waals surface area contributed by atoms with Crippen LogP contribution in [0.25, 0.3) is 11.0 Å². The Balaban J connectivity index is 1.51. The molecule has 25 heavy (non-hydrogen) atoms. The molecule has 0 aliphatic rings. The second-order valence-corrected chi connectivity index (χ2v) is 5.69. The first-order valence-electron chi connectivity index (χ1n) is 7.53. The number of para-hydroxylation sites is 1. The van der Waals surface area contributed by atoms with Crippen LogP contribution in [-0.4, -0.2) is 33.3 Å². The fourth-order valence-corrected chi connectivity index (χ4v) is 2.65. The lowest BCUT2D eigenvalue weighted by Gasteiger charge is -2.13. The normalized spacial score (nSPS) is 11.7. The van der Waals surface area contributed by atoms with E-state index >= 15 is 0 Å². The minimum absolute atomic E-state index is 0.407. The van der Waals surface area contributed by atoms with Gasteiger partial charge >= 0.3 is 5.97 Å². The quantitative estimate of drug-likeness (QED) is 0.682. The molecule has 0 aliphatic carbocycles. The molecule has 3 rings (SSSR count). The zero-order valence-corrected chi connectivity index (χ0v) is 14.2. The molecular formula is C17H15N3O4S. The van der Waals surface area contributed by atoms with Gasteiger partial charge in [-0.3, -0.25) is 4.79 Å². The number of ether oxygens (including phenoxy) is 2. The fourth-order valence-electron chi connectivity index (χ4n) is 2.10. The third-order valence-corrected chi connectivity index (χ3v) is 3.84. The maximum Gasteiger partial charge on any atom is 0.347 e. The molecule has 0 fully saturated rings. The topological polar surface area (TPSA) is 90.4 Å².